The molecule has 2 atom stereocenters. The van der Waals surface area contributed by atoms with Crippen LogP contribution in [0.5, 0.6) is 0 Å². The molecule has 0 saturated carbocycles. The number of hydrogen-bond donors (Lipinski definition) is 0. The minimum atomic E-state index is -0.368. The van der Waals surface area contributed by atoms with Crippen molar-refractivity contribution in [3.05, 3.63) is 82.4 Å². The lowest BCUT2D eigenvalue weighted by Crippen LogP contribution is -2.60. The van der Waals surface area contributed by atoms with Crippen LogP contribution in [0, 0.1) is 0 Å². The smallest absolute Gasteiger partial charge is 0.260 e. The summed E-state index contributed by atoms with van der Waals surface area (Å²) in [5, 5.41) is 0.639. The van der Waals surface area contributed by atoms with E-state index in [9.17, 15) is 9.59 Å². The van der Waals surface area contributed by atoms with Crippen molar-refractivity contribution in [1.82, 2.24) is 4.98 Å². The van der Waals surface area contributed by atoms with E-state index in [1.54, 1.807) is 16.8 Å². The highest BCUT2D eigenvalue weighted by Gasteiger charge is 2.43. The molecule has 1 fully saturated rings. The van der Waals surface area contributed by atoms with Gasteiger partial charge in [-0.2, -0.15) is 0 Å². The quantitative estimate of drug-likeness (QED) is 0.573. The van der Waals surface area contributed by atoms with Crippen molar-refractivity contribution >= 4 is 40.7 Å². The summed E-state index contributed by atoms with van der Waals surface area (Å²) in [6, 6.07) is 18.3. The molecule has 0 aliphatic carbocycles. The molecule has 4 heterocycles. The van der Waals surface area contributed by atoms with E-state index in [0.717, 1.165) is 16.8 Å². The molecule has 8 heteroatoms. The Morgan fingerprint density at radius 1 is 1.00 bits per heavy atom. The maximum atomic E-state index is 13.6. The minimum absolute atomic E-state index is 0.0117. The number of anilines is 3. The minimum Gasteiger partial charge on any atom is -0.377 e. The van der Waals surface area contributed by atoms with Crippen LogP contribution in [0.25, 0.3) is 0 Å². The standard InChI is InChI=1S/C26H23ClN4O3/c1-15-25(32)29(2)21-11-12-22(28-24(21)30(15)18-13-34-14-18)31-23(16-7-9-17(27)10-8-16)19-5-3-4-6-20(19)26(31)33/h3-12,15,18,23H,13-14H2,1-2H3. The number of ether oxygens (including phenoxy) is 1. The Bertz CT molecular complexity index is 1310. The number of carbonyl (C=O) groups is 2. The Hall–Kier alpha value is -3.42. The van der Waals surface area contributed by atoms with Gasteiger partial charge >= 0.3 is 0 Å². The van der Waals surface area contributed by atoms with Gasteiger partial charge in [0.15, 0.2) is 5.82 Å². The van der Waals surface area contributed by atoms with Gasteiger partial charge in [0, 0.05) is 17.6 Å². The highest BCUT2D eigenvalue weighted by atomic mass is 35.5. The third-order valence-electron chi connectivity index (χ3n) is 6.96. The maximum Gasteiger partial charge on any atom is 0.260 e. The van der Waals surface area contributed by atoms with Crippen molar-refractivity contribution in [3.8, 4) is 0 Å². The predicted octanol–water partition coefficient (Wildman–Crippen LogP) is 4.05. The first-order valence-corrected chi connectivity index (χ1v) is 11.7. The monoisotopic (exact) mass is 474 g/mol. The summed E-state index contributed by atoms with van der Waals surface area (Å²) in [6.45, 7) is 2.99. The number of rotatable bonds is 3. The van der Waals surface area contributed by atoms with Gasteiger partial charge < -0.3 is 14.5 Å². The first-order chi connectivity index (χ1) is 16.5. The number of nitrogens with zero attached hydrogens (tertiary/aromatic N) is 4. The molecule has 6 rings (SSSR count). The lowest BCUT2D eigenvalue weighted by Gasteiger charge is -2.46. The SMILES string of the molecule is CC1C(=O)N(C)c2ccc(N3C(=O)c4ccccc4C3c3ccc(Cl)cc3)nc2N1C1COC1. The number of halogens is 1. The lowest BCUT2D eigenvalue weighted by atomic mass is 9.98. The van der Waals surface area contributed by atoms with Crippen LogP contribution in [0.2, 0.25) is 5.02 Å². The molecule has 0 N–H and O–H groups in total. The Labute approximate surface area is 202 Å². The number of fused-ring (bicyclic) bond motifs is 2. The molecule has 0 bridgehead atoms. The summed E-state index contributed by atoms with van der Waals surface area (Å²) in [4.78, 5) is 36.9. The topological polar surface area (TPSA) is 66.0 Å². The van der Waals surface area contributed by atoms with Crippen LogP contribution in [-0.4, -0.2) is 49.1 Å². The van der Waals surface area contributed by atoms with Crippen molar-refractivity contribution in [2.45, 2.75) is 25.0 Å². The van der Waals surface area contributed by atoms with Gasteiger partial charge in [0.2, 0.25) is 5.91 Å². The zero-order chi connectivity index (χ0) is 23.6. The highest BCUT2D eigenvalue weighted by molar-refractivity contribution is 6.30. The largest absolute Gasteiger partial charge is 0.377 e. The Kier molecular flexibility index (Phi) is 4.86. The third-order valence-corrected chi connectivity index (χ3v) is 7.21. The van der Waals surface area contributed by atoms with Crippen LogP contribution in [0.3, 0.4) is 0 Å². The second-order valence-electron chi connectivity index (χ2n) is 8.90. The van der Waals surface area contributed by atoms with Crippen molar-refractivity contribution in [1.29, 1.82) is 0 Å². The molecule has 172 valence electrons. The van der Waals surface area contributed by atoms with E-state index in [2.05, 4.69) is 0 Å². The molecule has 3 aromatic rings. The van der Waals surface area contributed by atoms with Crippen LogP contribution in [0.1, 0.15) is 34.5 Å². The van der Waals surface area contributed by atoms with E-state index in [4.69, 9.17) is 21.3 Å². The van der Waals surface area contributed by atoms with Gasteiger partial charge in [-0.15, -0.1) is 0 Å². The molecule has 2 unspecified atom stereocenters. The summed E-state index contributed by atoms with van der Waals surface area (Å²) in [6.07, 6.45) is 0. The molecular formula is C26H23ClN4O3. The second kappa shape index (κ2) is 7.82. The van der Waals surface area contributed by atoms with Crippen LogP contribution in [0.4, 0.5) is 17.3 Å². The fourth-order valence-electron chi connectivity index (χ4n) is 5.12. The van der Waals surface area contributed by atoms with Crippen molar-refractivity contribution < 1.29 is 14.3 Å². The van der Waals surface area contributed by atoms with E-state index in [1.165, 1.54) is 0 Å². The highest BCUT2D eigenvalue weighted by Crippen LogP contribution is 2.44. The Morgan fingerprint density at radius 2 is 1.74 bits per heavy atom. The Morgan fingerprint density at radius 3 is 2.44 bits per heavy atom. The van der Waals surface area contributed by atoms with Crippen LogP contribution in [-0.2, 0) is 9.53 Å². The number of hydrogen-bond acceptors (Lipinski definition) is 5. The van der Waals surface area contributed by atoms with Gasteiger partial charge in [0.25, 0.3) is 5.91 Å². The maximum absolute atomic E-state index is 13.6. The van der Waals surface area contributed by atoms with E-state index < -0.39 is 0 Å². The predicted molar refractivity (Wildman–Crippen MR) is 131 cm³/mol. The molecule has 7 nitrogen and oxygen atoms in total. The summed E-state index contributed by atoms with van der Waals surface area (Å²) in [7, 11) is 1.76. The molecular weight excluding hydrogens is 452 g/mol. The molecule has 1 aromatic heterocycles. The first kappa shape index (κ1) is 21.1. The van der Waals surface area contributed by atoms with Crippen LogP contribution >= 0.6 is 11.6 Å². The van der Waals surface area contributed by atoms with Crippen molar-refractivity contribution in [3.63, 3.8) is 0 Å². The van der Waals surface area contributed by atoms with Crippen molar-refractivity contribution in [2.24, 2.45) is 0 Å². The van der Waals surface area contributed by atoms with Crippen molar-refractivity contribution in [2.75, 3.05) is 35.0 Å². The fraction of sp³-hybridized carbons (Fsp3) is 0.269. The molecule has 1 saturated heterocycles. The molecule has 2 aromatic carbocycles. The second-order valence-corrected chi connectivity index (χ2v) is 9.34. The number of amides is 2. The van der Waals surface area contributed by atoms with Crippen LogP contribution in [0.15, 0.2) is 60.7 Å². The zero-order valence-corrected chi connectivity index (χ0v) is 19.6. The van der Waals surface area contributed by atoms with E-state index in [-0.39, 0.29) is 29.9 Å². The summed E-state index contributed by atoms with van der Waals surface area (Å²) < 4.78 is 5.42. The number of pyridine rings is 1. The molecule has 3 aliphatic heterocycles. The summed E-state index contributed by atoms with van der Waals surface area (Å²) in [5.41, 5.74) is 3.27. The molecule has 34 heavy (non-hydrogen) atoms. The summed E-state index contributed by atoms with van der Waals surface area (Å²) >= 11 is 6.14. The zero-order valence-electron chi connectivity index (χ0n) is 18.8. The average Bonchev–Trinajstić information content (AvgIpc) is 3.12. The number of likely N-dealkylation sites (N-methyl/N-ethyl adjacent to an activating group) is 1. The lowest BCUT2D eigenvalue weighted by molar-refractivity contribution is -0.120. The Balaban J connectivity index is 1.50. The van der Waals surface area contributed by atoms with Gasteiger partial charge in [-0.05, 0) is 48.4 Å². The molecule has 2 amide bonds. The van der Waals surface area contributed by atoms with E-state index in [0.29, 0.717) is 35.4 Å². The first-order valence-electron chi connectivity index (χ1n) is 11.3. The molecule has 3 aliphatic rings. The van der Waals surface area contributed by atoms with Crippen LogP contribution < -0.4 is 14.7 Å². The number of aromatic nitrogens is 1. The molecule has 0 radical (unpaired) electrons. The fourth-order valence-corrected chi connectivity index (χ4v) is 5.24. The molecule has 0 spiro atoms. The average molecular weight is 475 g/mol. The normalized spacial score (nSPS) is 22.0. The third kappa shape index (κ3) is 3.04. The summed E-state index contributed by atoms with van der Waals surface area (Å²) in [5.74, 6) is 1.14. The van der Waals surface area contributed by atoms with Gasteiger partial charge in [0.05, 0.1) is 31.0 Å². The van der Waals surface area contributed by atoms with Gasteiger partial charge in [-0.25, -0.2) is 4.98 Å². The van der Waals surface area contributed by atoms with Gasteiger partial charge in [-0.1, -0.05) is 41.9 Å². The number of benzene rings is 2. The van der Waals surface area contributed by atoms with E-state index in [1.807, 2.05) is 72.5 Å². The van der Waals surface area contributed by atoms with E-state index >= 15 is 0 Å². The van der Waals surface area contributed by atoms with Gasteiger partial charge in [-0.3, -0.25) is 14.5 Å². The number of carbonyl (C=O) groups excluding carboxylic acids is 2. The van der Waals surface area contributed by atoms with Gasteiger partial charge in [0.1, 0.15) is 11.9 Å².